The molecule has 0 amide bonds. The normalized spacial score (nSPS) is 11.6. The maximum absolute atomic E-state index is 12.9. The van der Waals surface area contributed by atoms with Gasteiger partial charge in [0.15, 0.2) is 0 Å². The molecule has 5 heteroatoms. The Kier molecular flexibility index (Phi) is 5.89. The number of H-pyrrole nitrogens is 1. The summed E-state index contributed by atoms with van der Waals surface area (Å²) in [5, 5.41) is 0.720. The molecule has 0 saturated carbocycles. The average Bonchev–Trinajstić information content (AvgIpc) is 2.92. The van der Waals surface area contributed by atoms with Crippen molar-refractivity contribution < 1.29 is 0 Å². The molecule has 0 aliphatic carbocycles. The van der Waals surface area contributed by atoms with Crippen molar-refractivity contribution in [1.29, 1.82) is 0 Å². The maximum Gasteiger partial charge on any atom is 0.260 e. The number of nitrogens with one attached hydrogen (secondary N) is 1. The smallest absolute Gasteiger partial charge is 0.260 e. The van der Waals surface area contributed by atoms with Crippen molar-refractivity contribution in [1.82, 2.24) is 14.9 Å². The van der Waals surface area contributed by atoms with Crippen molar-refractivity contribution in [2.75, 3.05) is 13.1 Å². The molecule has 0 unspecified atom stereocenters. The van der Waals surface area contributed by atoms with E-state index in [4.69, 9.17) is 4.98 Å². The van der Waals surface area contributed by atoms with Crippen LogP contribution in [0, 0.1) is 13.8 Å². The van der Waals surface area contributed by atoms with Gasteiger partial charge < -0.3 is 4.98 Å². The summed E-state index contributed by atoms with van der Waals surface area (Å²) in [6.45, 7) is 11.2. The van der Waals surface area contributed by atoms with Gasteiger partial charge in [-0.05, 0) is 45.3 Å². The van der Waals surface area contributed by atoms with Gasteiger partial charge in [-0.2, -0.15) is 0 Å². The van der Waals surface area contributed by atoms with Crippen molar-refractivity contribution in [2.45, 2.75) is 47.1 Å². The van der Waals surface area contributed by atoms with Crippen LogP contribution in [-0.4, -0.2) is 28.0 Å². The minimum Gasteiger partial charge on any atom is -0.309 e. The summed E-state index contributed by atoms with van der Waals surface area (Å²) in [4.78, 5) is 25.0. The lowest BCUT2D eigenvalue weighted by Crippen LogP contribution is -2.27. The number of aromatic nitrogens is 2. The second-order valence-electron chi connectivity index (χ2n) is 6.87. The zero-order valence-corrected chi connectivity index (χ0v) is 16.9. The molecule has 26 heavy (non-hydrogen) atoms. The zero-order chi connectivity index (χ0) is 18.7. The van der Waals surface area contributed by atoms with Gasteiger partial charge in [-0.1, -0.05) is 43.7 Å². The molecule has 0 spiro atoms. The van der Waals surface area contributed by atoms with Crippen LogP contribution in [0.15, 0.2) is 29.1 Å². The summed E-state index contributed by atoms with van der Waals surface area (Å²) in [7, 11) is 0. The van der Waals surface area contributed by atoms with Crippen LogP contribution in [0.25, 0.3) is 21.3 Å². The second kappa shape index (κ2) is 8.14. The molecular weight excluding hydrogens is 342 g/mol. The third-order valence-corrected chi connectivity index (χ3v) is 5.58. The van der Waals surface area contributed by atoms with Gasteiger partial charge in [-0.25, -0.2) is 4.98 Å². The average molecular weight is 370 g/mol. The highest BCUT2D eigenvalue weighted by Crippen LogP contribution is 2.35. The van der Waals surface area contributed by atoms with Gasteiger partial charge in [0.05, 0.1) is 11.9 Å². The summed E-state index contributed by atoms with van der Waals surface area (Å²) in [5.74, 6) is 0.765. The summed E-state index contributed by atoms with van der Waals surface area (Å²) in [5.41, 5.74) is 3.28. The minimum atomic E-state index is -0.0297. The van der Waals surface area contributed by atoms with Crippen LogP contribution in [0.1, 0.15) is 43.0 Å². The van der Waals surface area contributed by atoms with E-state index in [1.165, 1.54) is 5.56 Å². The molecule has 3 rings (SSSR count). The lowest BCUT2D eigenvalue weighted by Gasteiger charge is -2.20. The maximum atomic E-state index is 12.9. The van der Waals surface area contributed by atoms with Crippen molar-refractivity contribution >= 4 is 21.6 Å². The Bertz CT molecular complexity index is 934. The highest BCUT2D eigenvalue weighted by Gasteiger charge is 2.17. The van der Waals surface area contributed by atoms with E-state index in [1.807, 2.05) is 0 Å². The predicted molar refractivity (Wildman–Crippen MR) is 111 cm³/mol. The summed E-state index contributed by atoms with van der Waals surface area (Å²) in [6, 6.07) is 8.34. The summed E-state index contributed by atoms with van der Waals surface area (Å²) < 4.78 is 0. The van der Waals surface area contributed by atoms with Gasteiger partial charge >= 0.3 is 0 Å². The number of thiophene rings is 1. The Labute approximate surface area is 158 Å². The monoisotopic (exact) mass is 369 g/mol. The SMILES string of the molecule is CCCN(CCC)Cc1nc2sc(C)c(-c3ccc(C)cc3)c2c(=O)[nH]1. The Morgan fingerprint density at radius 3 is 2.35 bits per heavy atom. The number of fused-ring (bicyclic) bond motifs is 1. The zero-order valence-electron chi connectivity index (χ0n) is 16.1. The van der Waals surface area contributed by atoms with E-state index >= 15 is 0 Å². The molecule has 0 radical (unpaired) electrons. The van der Waals surface area contributed by atoms with Crippen LogP contribution in [0.5, 0.6) is 0 Å². The van der Waals surface area contributed by atoms with Gasteiger partial charge in [0.25, 0.3) is 5.56 Å². The molecule has 3 aromatic rings. The van der Waals surface area contributed by atoms with Gasteiger partial charge in [0, 0.05) is 10.4 Å². The second-order valence-corrected chi connectivity index (χ2v) is 8.07. The number of benzene rings is 1. The fourth-order valence-electron chi connectivity index (χ4n) is 3.42. The molecule has 0 saturated heterocycles. The van der Waals surface area contributed by atoms with Crippen LogP contribution in [-0.2, 0) is 6.54 Å². The van der Waals surface area contributed by atoms with Crippen LogP contribution < -0.4 is 5.56 Å². The molecule has 1 N–H and O–H groups in total. The minimum absolute atomic E-state index is 0.0297. The molecule has 0 aliphatic rings. The number of aromatic amines is 1. The van der Waals surface area contributed by atoms with Gasteiger partial charge in [-0.15, -0.1) is 11.3 Å². The van der Waals surface area contributed by atoms with E-state index in [1.54, 1.807) is 11.3 Å². The Hall–Kier alpha value is -1.98. The van der Waals surface area contributed by atoms with E-state index in [0.29, 0.717) is 6.54 Å². The van der Waals surface area contributed by atoms with Crippen LogP contribution in [0.2, 0.25) is 0 Å². The Morgan fingerprint density at radius 1 is 1.08 bits per heavy atom. The first-order chi connectivity index (χ1) is 12.5. The van der Waals surface area contributed by atoms with Crippen LogP contribution >= 0.6 is 11.3 Å². The van der Waals surface area contributed by atoms with Gasteiger partial charge in [0.2, 0.25) is 0 Å². The topological polar surface area (TPSA) is 49.0 Å². The van der Waals surface area contributed by atoms with Crippen molar-refractivity contribution in [2.24, 2.45) is 0 Å². The molecule has 1 aromatic carbocycles. The van der Waals surface area contributed by atoms with E-state index in [-0.39, 0.29) is 5.56 Å². The molecular formula is C21H27N3OS. The first kappa shape index (κ1) is 18.8. The standard InChI is InChI=1S/C21H27N3OS/c1-5-11-24(12-6-2)13-17-22-20(25)19-18(15(4)26-21(19)23-17)16-9-7-14(3)8-10-16/h7-10H,5-6,11-13H2,1-4H3,(H,22,23,25). The molecule has 0 fully saturated rings. The quantitative estimate of drug-likeness (QED) is 0.645. The van der Waals surface area contributed by atoms with Gasteiger partial charge in [-0.3, -0.25) is 9.69 Å². The molecule has 4 nitrogen and oxygen atoms in total. The van der Waals surface area contributed by atoms with E-state index in [0.717, 1.165) is 58.0 Å². The molecule has 0 atom stereocenters. The molecule has 0 aliphatic heterocycles. The highest BCUT2D eigenvalue weighted by atomic mass is 32.1. The first-order valence-corrected chi connectivity index (χ1v) is 10.2. The lowest BCUT2D eigenvalue weighted by molar-refractivity contribution is 0.260. The van der Waals surface area contributed by atoms with Crippen LogP contribution in [0.4, 0.5) is 0 Å². The van der Waals surface area contributed by atoms with E-state index in [9.17, 15) is 4.79 Å². The summed E-state index contributed by atoms with van der Waals surface area (Å²) >= 11 is 1.61. The Morgan fingerprint density at radius 2 is 1.73 bits per heavy atom. The summed E-state index contributed by atoms with van der Waals surface area (Å²) in [6.07, 6.45) is 2.20. The van der Waals surface area contributed by atoms with E-state index in [2.05, 4.69) is 61.8 Å². The third-order valence-electron chi connectivity index (χ3n) is 4.58. The van der Waals surface area contributed by atoms with Crippen molar-refractivity contribution in [3.05, 3.63) is 50.9 Å². The fraction of sp³-hybridized carbons (Fsp3) is 0.429. The first-order valence-electron chi connectivity index (χ1n) is 9.35. The highest BCUT2D eigenvalue weighted by molar-refractivity contribution is 7.19. The van der Waals surface area contributed by atoms with E-state index < -0.39 is 0 Å². The number of hydrogen-bond donors (Lipinski definition) is 1. The third kappa shape index (κ3) is 3.89. The number of rotatable bonds is 7. The largest absolute Gasteiger partial charge is 0.309 e. The Balaban J connectivity index is 2.03. The molecule has 2 heterocycles. The number of nitrogens with zero attached hydrogens (tertiary/aromatic N) is 2. The molecule has 0 bridgehead atoms. The fourth-order valence-corrected chi connectivity index (χ4v) is 4.49. The molecule has 138 valence electrons. The van der Waals surface area contributed by atoms with Crippen molar-refractivity contribution in [3.8, 4) is 11.1 Å². The predicted octanol–water partition coefficient (Wildman–Crippen LogP) is 4.89. The number of aryl methyl sites for hydroxylation is 2. The lowest BCUT2D eigenvalue weighted by atomic mass is 10.0. The van der Waals surface area contributed by atoms with Gasteiger partial charge in [0.1, 0.15) is 10.7 Å². The molecule has 2 aromatic heterocycles. The number of hydrogen-bond acceptors (Lipinski definition) is 4. The van der Waals surface area contributed by atoms with Crippen LogP contribution in [0.3, 0.4) is 0 Å². The van der Waals surface area contributed by atoms with Crippen molar-refractivity contribution in [3.63, 3.8) is 0 Å².